The fourth-order valence-electron chi connectivity index (χ4n) is 2.45. The third-order valence-corrected chi connectivity index (χ3v) is 4.73. The van der Waals surface area contributed by atoms with Crippen LogP contribution < -0.4 is 0 Å². The topological polar surface area (TPSA) is 38.1 Å². The highest BCUT2D eigenvalue weighted by atomic mass is 35.5. The largest absolute Gasteiger partial charge is 0.338 e. The van der Waals surface area contributed by atoms with E-state index in [-0.39, 0.29) is 5.91 Å². The van der Waals surface area contributed by atoms with E-state index in [9.17, 15) is 4.79 Å². The molecule has 0 aliphatic carbocycles. The second kappa shape index (κ2) is 9.07. The van der Waals surface area contributed by atoms with Gasteiger partial charge < -0.3 is 4.90 Å². The average Bonchev–Trinajstić information content (AvgIpc) is 2.86. The van der Waals surface area contributed by atoms with E-state index in [0.29, 0.717) is 16.7 Å². The van der Waals surface area contributed by atoms with Crippen molar-refractivity contribution in [3.05, 3.63) is 57.3 Å². The predicted octanol–water partition coefficient (Wildman–Crippen LogP) is 4.97. The summed E-state index contributed by atoms with van der Waals surface area (Å²) in [5, 5.41) is 5.67. The van der Waals surface area contributed by atoms with E-state index in [1.165, 1.54) is 6.08 Å². The summed E-state index contributed by atoms with van der Waals surface area (Å²) in [6.45, 7) is 5.25. The van der Waals surface area contributed by atoms with E-state index in [4.69, 9.17) is 23.2 Å². The second-order valence-electron chi connectivity index (χ2n) is 5.99. The van der Waals surface area contributed by atoms with Crippen molar-refractivity contribution in [2.75, 3.05) is 7.05 Å². The third-order valence-electron chi connectivity index (χ3n) is 3.97. The molecule has 0 atom stereocenters. The van der Waals surface area contributed by atoms with E-state index in [1.807, 2.05) is 31.2 Å². The fraction of sp³-hybridized carbons (Fsp3) is 0.368. The monoisotopic (exact) mass is 379 g/mol. The van der Waals surface area contributed by atoms with Crippen molar-refractivity contribution in [1.82, 2.24) is 14.7 Å². The molecule has 4 nitrogen and oxygen atoms in total. The lowest BCUT2D eigenvalue weighted by molar-refractivity contribution is -0.125. The number of carbonyl (C=O) groups is 1. The van der Waals surface area contributed by atoms with Crippen LogP contribution in [0, 0.1) is 6.92 Å². The number of hydrogen-bond donors (Lipinski definition) is 0. The van der Waals surface area contributed by atoms with Gasteiger partial charge >= 0.3 is 0 Å². The first kappa shape index (κ1) is 19.5. The number of carbonyl (C=O) groups excluding carboxylic acids is 1. The number of rotatable bonds is 7. The zero-order chi connectivity index (χ0) is 18.4. The standard InChI is InChI=1S/C19H23Cl2N3O/c1-4-5-12-24-19(21)16(14(2)22-24)10-11-18(25)23(3)13-15-8-6-7-9-17(15)20/h6-11H,4-5,12-13H2,1-3H3/b11-10+. The van der Waals surface area contributed by atoms with Gasteiger partial charge in [-0.1, -0.05) is 54.7 Å². The first-order valence-corrected chi connectivity index (χ1v) is 9.09. The molecule has 25 heavy (non-hydrogen) atoms. The maximum absolute atomic E-state index is 12.4. The van der Waals surface area contributed by atoms with Crippen molar-refractivity contribution in [2.24, 2.45) is 0 Å². The number of hydrogen-bond acceptors (Lipinski definition) is 2. The van der Waals surface area contributed by atoms with Crippen LogP contribution in [0.25, 0.3) is 6.08 Å². The number of likely N-dealkylation sites (N-methyl/N-ethyl adjacent to an activating group) is 1. The van der Waals surface area contributed by atoms with Gasteiger partial charge in [0.1, 0.15) is 5.15 Å². The molecular weight excluding hydrogens is 357 g/mol. The Labute approximate surface area is 159 Å². The van der Waals surface area contributed by atoms with Crippen LogP contribution in [0.15, 0.2) is 30.3 Å². The molecule has 0 saturated carbocycles. The second-order valence-corrected chi connectivity index (χ2v) is 6.75. The Balaban J connectivity index is 2.07. The maximum Gasteiger partial charge on any atom is 0.246 e. The van der Waals surface area contributed by atoms with Gasteiger partial charge in [-0.2, -0.15) is 5.10 Å². The number of benzene rings is 1. The Kier molecular flexibility index (Phi) is 7.09. The molecule has 1 aromatic heterocycles. The zero-order valence-electron chi connectivity index (χ0n) is 14.8. The average molecular weight is 380 g/mol. The molecule has 1 heterocycles. The van der Waals surface area contributed by atoms with Crippen LogP contribution >= 0.6 is 23.2 Å². The third kappa shape index (κ3) is 5.10. The molecule has 2 aromatic rings. The van der Waals surface area contributed by atoms with Crippen LogP contribution in [0.3, 0.4) is 0 Å². The van der Waals surface area contributed by atoms with Crippen molar-refractivity contribution in [2.45, 2.75) is 39.8 Å². The first-order chi connectivity index (χ1) is 11.9. The van der Waals surface area contributed by atoms with Crippen molar-refractivity contribution < 1.29 is 4.79 Å². The highest BCUT2D eigenvalue weighted by Gasteiger charge is 2.12. The van der Waals surface area contributed by atoms with Crippen LogP contribution in [-0.4, -0.2) is 27.6 Å². The minimum atomic E-state index is -0.114. The summed E-state index contributed by atoms with van der Waals surface area (Å²) in [7, 11) is 1.75. The minimum absolute atomic E-state index is 0.114. The molecule has 0 spiro atoms. The summed E-state index contributed by atoms with van der Waals surface area (Å²) in [5.74, 6) is -0.114. The van der Waals surface area contributed by atoms with Crippen molar-refractivity contribution in [3.8, 4) is 0 Å². The molecule has 2 rings (SSSR count). The molecule has 0 radical (unpaired) electrons. The van der Waals surface area contributed by atoms with Crippen molar-refractivity contribution >= 4 is 35.2 Å². The lowest BCUT2D eigenvalue weighted by atomic mass is 10.2. The summed E-state index contributed by atoms with van der Waals surface area (Å²) >= 11 is 12.5. The van der Waals surface area contributed by atoms with E-state index in [2.05, 4.69) is 12.0 Å². The molecule has 0 unspecified atom stereocenters. The van der Waals surface area contributed by atoms with E-state index in [1.54, 1.807) is 22.7 Å². The number of nitrogens with zero attached hydrogens (tertiary/aromatic N) is 3. The Bertz CT molecular complexity index is 768. The van der Waals surface area contributed by atoms with Gasteiger partial charge in [-0.05, 0) is 31.1 Å². The van der Waals surface area contributed by atoms with Crippen LogP contribution in [0.4, 0.5) is 0 Å². The van der Waals surface area contributed by atoms with Crippen LogP contribution in [0.2, 0.25) is 10.2 Å². The molecule has 134 valence electrons. The summed E-state index contributed by atoms with van der Waals surface area (Å²) in [6.07, 6.45) is 5.35. The number of aryl methyl sites for hydroxylation is 2. The van der Waals surface area contributed by atoms with Gasteiger partial charge in [-0.3, -0.25) is 9.48 Å². The van der Waals surface area contributed by atoms with E-state index >= 15 is 0 Å². The summed E-state index contributed by atoms with van der Waals surface area (Å²) in [6, 6.07) is 7.51. The normalized spacial score (nSPS) is 11.2. The number of aromatic nitrogens is 2. The molecule has 1 aromatic carbocycles. The summed E-state index contributed by atoms with van der Waals surface area (Å²) in [5.41, 5.74) is 2.52. The molecular formula is C19H23Cl2N3O. The molecule has 0 N–H and O–H groups in total. The molecule has 0 aliphatic rings. The fourth-order valence-corrected chi connectivity index (χ4v) is 2.97. The number of amides is 1. The van der Waals surface area contributed by atoms with Gasteiger partial charge in [-0.25, -0.2) is 0 Å². The maximum atomic E-state index is 12.4. The van der Waals surface area contributed by atoms with Crippen molar-refractivity contribution in [1.29, 1.82) is 0 Å². The molecule has 0 fully saturated rings. The SMILES string of the molecule is CCCCn1nc(C)c(/C=C/C(=O)N(C)Cc2ccccc2Cl)c1Cl. The van der Waals surface area contributed by atoms with Gasteiger partial charge in [0.15, 0.2) is 0 Å². The Morgan fingerprint density at radius 3 is 2.72 bits per heavy atom. The molecule has 0 saturated heterocycles. The summed E-state index contributed by atoms with van der Waals surface area (Å²) in [4.78, 5) is 14.0. The van der Waals surface area contributed by atoms with Crippen LogP contribution in [0.1, 0.15) is 36.6 Å². The Hall–Kier alpha value is -1.78. The molecule has 0 aliphatic heterocycles. The lowest BCUT2D eigenvalue weighted by Gasteiger charge is -2.16. The summed E-state index contributed by atoms with van der Waals surface area (Å²) < 4.78 is 1.79. The lowest BCUT2D eigenvalue weighted by Crippen LogP contribution is -2.24. The Morgan fingerprint density at radius 1 is 1.32 bits per heavy atom. The molecule has 0 bridgehead atoms. The van der Waals surface area contributed by atoms with Gasteiger partial charge in [-0.15, -0.1) is 0 Å². The van der Waals surface area contributed by atoms with E-state index in [0.717, 1.165) is 36.2 Å². The minimum Gasteiger partial charge on any atom is -0.338 e. The van der Waals surface area contributed by atoms with Crippen LogP contribution in [0.5, 0.6) is 0 Å². The Morgan fingerprint density at radius 2 is 2.04 bits per heavy atom. The predicted molar refractivity (Wildman–Crippen MR) is 104 cm³/mol. The highest BCUT2D eigenvalue weighted by Crippen LogP contribution is 2.22. The van der Waals surface area contributed by atoms with Gasteiger partial charge in [0.2, 0.25) is 5.91 Å². The molecule has 6 heteroatoms. The van der Waals surface area contributed by atoms with Gasteiger partial charge in [0.05, 0.1) is 5.69 Å². The highest BCUT2D eigenvalue weighted by molar-refractivity contribution is 6.31. The quantitative estimate of drug-likeness (QED) is 0.636. The van der Waals surface area contributed by atoms with E-state index < -0.39 is 0 Å². The van der Waals surface area contributed by atoms with Gasteiger partial charge in [0, 0.05) is 36.8 Å². The van der Waals surface area contributed by atoms with Gasteiger partial charge in [0.25, 0.3) is 0 Å². The smallest absolute Gasteiger partial charge is 0.246 e. The first-order valence-electron chi connectivity index (χ1n) is 8.33. The van der Waals surface area contributed by atoms with Crippen LogP contribution in [-0.2, 0) is 17.9 Å². The van der Waals surface area contributed by atoms with Crippen molar-refractivity contribution in [3.63, 3.8) is 0 Å². The zero-order valence-corrected chi connectivity index (χ0v) is 16.3. The number of unbranched alkanes of at least 4 members (excludes halogenated alkanes) is 1. The molecule has 1 amide bonds. The number of halogens is 2.